The first kappa shape index (κ1) is 21.5. The molecule has 0 radical (unpaired) electrons. The van der Waals surface area contributed by atoms with E-state index in [-0.39, 0.29) is 17.6 Å². The van der Waals surface area contributed by atoms with Gasteiger partial charge in [0.15, 0.2) is 26.2 Å². The maximum atomic E-state index is 14.1. The van der Waals surface area contributed by atoms with E-state index in [1.165, 1.54) is 6.92 Å². The third-order valence-corrected chi connectivity index (χ3v) is 6.70. The summed E-state index contributed by atoms with van der Waals surface area (Å²) in [5, 5.41) is 0. The first-order chi connectivity index (χ1) is 12.4. The number of esters is 1. The number of anilines is 1. The lowest BCUT2D eigenvalue weighted by Gasteiger charge is -2.27. The Hall–Kier alpha value is -1.75. The molecule has 1 aliphatic heterocycles. The Morgan fingerprint density at radius 3 is 2.44 bits per heavy atom. The summed E-state index contributed by atoms with van der Waals surface area (Å²) < 4.78 is 60.6. The van der Waals surface area contributed by atoms with Gasteiger partial charge in [-0.1, -0.05) is 15.9 Å². The number of ether oxygens (including phenoxy) is 2. The van der Waals surface area contributed by atoms with Crippen molar-refractivity contribution in [2.75, 3.05) is 24.3 Å². The average molecular weight is 470 g/mol. The number of benzene rings is 1. The lowest BCUT2D eigenvalue weighted by Crippen LogP contribution is -2.47. The van der Waals surface area contributed by atoms with Gasteiger partial charge in [-0.3, -0.25) is 9.69 Å². The van der Waals surface area contributed by atoms with E-state index in [9.17, 15) is 26.8 Å². The standard InChI is InChI=1S/C16H18BrF2NO6S/c1-4-25-14(21)16(2,27(3,23)24)7-10-8-20(15(22)26-10)13-11(18)5-9(17)6-12(13)19/h5-6,10H,4,7-8H2,1-3H3/t10-,16?/m0/s1. The molecular formula is C16H18BrF2NO6S. The topological polar surface area (TPSA) is 90.0 Å². The van der Waals surface area contributed by atoms with Crippen LogP contribution in [0.5, 0.6) is 0 Å². The molecule has 1 aromatic carbocycles. The summed E-state index contributed by atoms with van der Waals surface area (Å²) in [5.74, 6) is -2.96. The van der Waals surface area contributed by atoms with Gasteiger partial charge >= 0.3 is 12.1 Å². The SMILES string of the molecule is CCOC(=O)C(C)(C[C@H]1CN(c2c(F)cc(Br)cc2F)C(=O)O1)S(C)(=O)=O. The van der Waals surface area contributed by atoms with Crippen LogP contribution in [0.2, 0.25) is 0 Å². The highest BCUT2D eigenvalue weighted by Gasteiger charge is 2.50. The number of nitrogens with zero attached hydrogens (tertiary/aromatic N) is 1. The zero-order valence-corrected chi connectivity index (χ0v) is 17.2. The van der Waals surface area contributed by atoms with E-state index in [2.05, 4.69) is 15.9 Å². The molecule has 0 saturated carbocycles. The zero-order valence-electron chi connectivity index (χ0n) is 14.8. The molecule has 0 spiro atoms. The van der Waals surface area contributed by atoms with Crippen LogP contribution in [0.25, 0.3) is 0 Å². The molecule has 11 heteroatoms. The molecule has 0 bridgehead atoms. The summed E-state index contributed by atoms with van der Waals surface area (Å²) in [7, 11) is -3.93. The second-order valence-electron chi connectivity index (χ2n) is 6.26. The first-order valence-corrected chi connectivity index (χ1v) is 10.6. The minimum atomic E-state index is -3.93. The van der Waals surface area contributed by atoms with Crippen molar-refractivity contribution in [3.8, 4) is 0 Å². The molecule has 27 heavy (non-hydrogen) atoms. The van der Waals surface area contributed by atoms with Gasteiger partial charge in [-0.05, 0) is 26.0 Å². The monoisotopic (exact) mass is 469 g/mol. The van der Waals surface area contributed by atoms with Crippen molar-refractivity contribution >= 4 is 43.5 Å². The van der Waals surface area contributed by atoms with Crippen LogP contribution in [-0.2, 0) is 24.1 Å². The van der Waals surface area contributed by atoms with Crippen LogP contribution < -0.4 is 4.90 Å². The molecule has 1 amide bonds. The average Bonchev–Trinajstić information content (AvgIpc) is 2.85. The number of carbonyl (C=O) groups excluding carboxylic acids is 2. The number of hydrogen-bond acceptors (Lipinski definition) is 6. The van der Waals surface area contributed by atoms with Crippen molar-refractivity contribution in [1.82, 2.24) is 0 Å². The third kappa shape index (κ3) is 4.23. The highest BCUT2D eigenvalue weighted by molar-refractivity contribution is 9.10. The van der Waals surface area contributed by atoms with Gasteiger partial charge in [0.2, 0.25) is 0 Å². The molecule has 1 aliphatic rings. The van der Waals surface area contributed by atoms with E-state index in [4.69, 9.17) is 9.47 Å². The van der Waals surface area contributed by atoms with Gasteiger partial charge in [-0.25, -0.2) is 22.0 Å². The van der Waals surface area contributed by atoms with Crippen LogP contribution in [0.3, 0.4) is 0 Å². The van der Waals surface area contributed by atoms with Gasteiger partial charge in [-0.2, -0.15) is 0 Å². The number of rotatable bonds is 6. The Morgan fingerprint density at radius 1 is 1.41 bits per heavy atom. The number of cyclic esters (lactones) is 1. The molecule has 1 fully saturated rings. The maximum Gasteiger partial charge on any atom is 0.414 e. The molecule has 2 atom stereocenters. The molecule has 1 aromatic rings. The van der Waals surface area contributed by atoms with Gasteiger partial charge in [0.1, 0.15) is 11.8 Å². The zero-order chi connectivity index (χ0) is 20.6. The fraction of sp³-hybridized carbons (Fsp3) is 0.500. The number of halogens is 3. The fourth-order valence-electron chi connectivity index (χ4n) is 2.71. The lowest BCUT2D eigenvalue weighted by atomic mass is 10.0. The summed E-state index contributed by atoms with van der Waals surface area (Å²) in [6.45, 7) is 2.34. The molecule has 0 aromatic heterocycles. The number of hydrogen-bond donors (Lipinski definition) is 0. The van der Waals surface area contributed by atoms with Crippen LogP contribution in [0.15, 0.2) is 16.6 Å². The van der Waals surface area contributed by atoms with Gasteiger partial charge in [0, 0.05) is 17.1 Å². The van der Waals surface area contributed by atoms with Crippen molar-refractivity contribution < 1.29 is 36.3 Å². The van der Waals surface area contributed by atoms with E-state index in [1.54, 1.807) is 0 Å². The van der Waals surface area contributed by atoms with E-state index in [1.807, 2.05) is 0 Å². The van der Waals surface area contributed by atoms with E-state index in [0.717, 1.165) is 30.2 Å². The molecule has 0 aliphatic carbocycles. The van der Waals surface area contributed by atoms with Gasteiger partial charge in [0.05, 0.1) is 13.2 Å². The van der Waals surface area contributed by atoms with E-state index >= 15 is 0 Å². The van der Waals surface area contributed by atoms with Crippen LogP contribution in [0.4, 0.5) is 19.3 Å². The van der Waals surface area contributed by atoms with Crippen LogP contribution in [-0.4, -0.2) is 50.7 Å². The highest BCUT2D eigenvalue weighted by Crippen LogP contribution is 2.34. The highest BCUT2D eigenvalue weighted by atomic mass is 79.9. The second kappa shape index (κ2) is 7.70. The van der Waals surface area contributed by atoms with Gasteiger partial charge in [0.25, 0.3) is 0 Å². The predicted octanol–water partition coefficient (Wildman–Crippen LogP) is 2.81. The van der Waals surface area contributed by atoms with Crippen LogP contribution in [0.1, 0.15) is 20.3 Å². The molecule has 1 saturated heterocycles. The van der Waals surface area contributed by atoms with Crippen LogP contribution in [0, 0.1) is 11.6 Å². The Balaban J connectivity index is 2.30. The second-order valence-corrected chi connectivity index (χ2v) is 9.62. The maximum absolute atomic E-state index is 14.1. The molecule has 0 N–H and O–H groups in total. The summed E-state index contributed by atoms with van der Waals surface area (Å²) in [5.41, 5.74) is -0.608. The molecule has 2 rings (SSSR count). The number of sulfone groups is 1. The number of amides is 1. The Labute approximate surface area is 163 Å². The van der Waals surface area contributed by atoms with Crippen LogP contribution >= 0.6 is 15.9 Å². The van der Waals surface area contributed by atoms with E-state index in [0.29, 0.717) is 0 Å². The summed E-state index contributed by atoms with van der Waals surface area (Å²) in [6.07, 6.45) is -1.66. The minimum Gasteiger partial charge on any atom is -0.465 e. The Bertz CT molecular complexity index is 855. The Morgan fingerprint density at radius 2 is 1.96 bits per heavy atom. The lowest BCUT2D eigenvalue weighted by molar-refractivity contribution is -0.146. The third-order valence-electron chi connectivity index (χ3n) is 4.27. The van der Waals surface area contributed by atoms with Gasteiger partial charge in [-0.15, -0.1) is 0 Å². The largest absolute Gasteiger partial charge is 0.465 e. The van der Waals surface area contributed by atoms with Crippen molar-refractivity contribution in [2.45, 2.75) is 31.1 Å². The van der Waals surface area contributed by atoms with Gasteiger partial charge < -0.3 is 9.47 Å². The number of carbonyl (C=O) groups is 2. The summed E-state index contributed by atoms with van der Waals surface area (Å²) >= 11 is 2.94. The molecule has 1 unspecified atom stereocenters. The fourth-order valence-corrected chi connectivity index (χ4v) is 3.96. The first-order valence-electron chi connectivity index (χ1n) is 7.90. The molecule has 150 valence electrons. The predicted molar refractivity (Wildman–Crippen MR) is 96.2 cm³/mol. The smallest absolute Gasteiger partial charge is 0.414 e. The van der Waals surface area contributed by atoms with Crippen molar-refractivity contribution in [2.24, 2.45) is 0 Å². The molecule has 7 nitrogen and oxygen atoms in total. The Kier molecular flexibility index (Phi) is 6.15. The molecular weight excluding hydrogens is 452 g/mol. The van der Waals surface area contributed by atoms with Crippen molar-refractivity contribution in [3.05, 3.63) is 28.2 Å². The summed E-state index contributed by atoms with van der Waals surface area (Å²) in [4.78, 5) is 25.0. The van der Waals surface area contributed by atoms with Crippen molar-refractivity contribution in [3.63, 3.8) is 0 Å². The normalized spacial score (nSPS) is 19.6. The summed E-state index contributed by atoms with van der Waals surface area (Å²) in [6, 6.07) is 1.97. The molecule has 1 heterocycles. The van der Waals surface area contributed by atoms with E-state index < -0.39 is 56.5 Å². The minimum absolute atomic E-state index is 0.0319. The van der Waals surface area contributed by atoms with Crippen molar-refractivity contribution in [1.29, 1.82) is 0 Å². The quantitative estimate of drug-likeness (QED) is 0.595.